The molecule has 1 aromatic heterocycles. The second-order valence-corrected chi connectivity index (χ2v) is 9.31. The first-order valence-electron chi connectivity index (χ1n) is 9.99. The van der Waals surface area contributed by atoms with E-state index in [1.807, 2.05) is 18.2 Å². The van der Waals surface area contributed by atoms with E-state index in [-0.39, 0.29) is 29.9 Å². The molecule has 0 spiro atoms. The van der Waals surface area contributed by atoms with Crippen molar-refractivity contribution < 1.29 is 17.6 Å². The van der Waals surface area contributed by atoms with E-state index in [9.17, 15) is 13.2 Å². The summed E-state index contributed by atoms with van der Waals surface area (Å²) in [5, 5.41) is 3.03. The van der Waals surface area contributed by atoms with E-state index in [1.165, 1.54) is 24.0 Å². The minimum Gasteiger partial charge on any atom is -0.468 e. The minimum atomic E-state index is -3.86. The van der Waals surface area contributed by atoms with E-state index in [1.54, 1.807) is 30.3 Å². The molecule has 0 bridgehead atoms. The van der Waals surface area contributed by atoms with Crippen LogP contribution in [-0.4, -0.2) is 25.2 Å². The molecule has 0 saturated heterocycles. The van der Waals surface area contributed by atoms with E-state index < -0.39 is 10.0 Å². The van der Waals surface area contributed by atoms with Gasteiger partial charge in [0.15, 0.2) is 0 Å². The highest BCUT2D eigenvalue weighted by Crippen LogP contribution is 2.29. The van der Waals surface area contributed by atoms with Crippen LogP contribution in [0.1, 0.15) is 35.8 Å². The number of benzene rings is 2. The van der Waals surface area contributed by atoms with Gasteiger partial charge in [0.2, 0.25) is 15.9 Å². The first kappa shape index (κ1) is 20.4. The summed E-state index contributed by atoms with van der Waals surface area (Å²) in [6.07, 6.45) is 4.31. The number of sulfonamides is 1. The molecule has 1 aliphatic carbocycles. The van der Waals surface area contributed by atoms with Gasteiger partial charge in [-0.1, -0.05) is 42.5 Å². The van der Waals surface area contributed by atoms with Crippen LogP contribution in [0, 0.1) is 0 Å². The lowest BCUT2D eigenvalue weighted by molar-refractivity contribution is -0.122. The van der Waals surface area contributed by atoms with Gasteiger partial charge in [-0.05, 0) is 54.7 Å². The van der Waals surface area contributed by atoms with Crippen molar-refractivity contribution in [2.24, 2.45) is 0 Å². The van der Waals surface area contributed by atoms with Crippen LogP contribution >= 0.6 is 0 Å². The highest BCUT2D eigenvalue weighted by molar-refractivity contribution is 7.89. The number of aryl methyl sites for hydroxylation is 1. The number of hydrogen-bond donors (Lipinski definition) is 1. The van der Waals surface area contributed by atoms with Gasteiger partial charge in [0.1, 0.15) is 5.76 Å². The first-order valence-corrected chi connectivity index (χ1v) is 11.4. The lowest BCUT2D eigenvalue weighted by Gasteiger charge is -2.28. The number of amides is 1. The number of furan rings is 1. The summed E-state index contributed by atoms with van der Waals surface area (Å²) in [7, 11) is -3.86. The maximum atomic E-state index is 13.2. The number of carbonyl (C=O) groups excluding carboxylic acids is 1. The summed E-state index contributed by atoms with van der Waals surface area (Å²) in [5.41, 5.74) is 2.35. The van der Waals surface area contributed by atoms with E-state index in [4.69, 9.17) is 4.42 Å². The van der Waals surface area contributed by atoms with Crippen molar-refractivity contribution in [3.63, 3.8) is 0 Å². The monoisotopic (exact) mass is 424 g/mol. The van der Waals surface area contributed by atoms with Crippen molar-refractivity contribution in [3.05, 3.63) is 89.9 Å². The van der Waals surface area contributed by atoms with Gasteiger partial charge in [-0.25, -0.2) is 8.42 Å². The number of carbonyl (C=O) groups is 1. The Balaban J connectivity index is 1.54. The van der Waals surface area contributed by atoms with Gasteiger partial charge in [0, 0.05) is 0 Å². The van der Waals surface area contributed by atoms with Crippen molar-refractivity contribution in [1.29, 1.82) is 0 Å². The fraction of sp³-hybridized carbons (Fsp3) is 0.261. The molecule has 30 heavy (non-hydrogen) atoms. The van der Waals surface area contributed by atoms with Gasteiger partial charge in [0.25, 0.3) is 0 Å². The van der Waals surface area contributed by atoms with Crippen LogP contribution in [0.15, 0.2) is 82.3 Å². The van der Waals surface area contributed by atoms with Crippen molar-refractivity contribution in [2.75, 3.05) is 6.54 Å². The van der Waals surface area contributed by atoms with Crippen LogP contribution in [0.5, 0.6) is 0 Å². The van der Waals surface area contributed by atoms with E-state index in [2.05, 4.69) is 11.4 Å². The molecule has 7 heteroatoms. The highest BCUT2D eigenvalue weighted by atomic mass is 32.2. The lowest BCUT2D eigenvalue weighted by Crippen LogP contribution is -2.42. The van der Waals surface area contributed by atoms with Gasteiger partial charge >= 0.3 is 0 Å². The highest BCUT2D eigenvalue weighted by Gasteiger charge is 2.29. The molecular formula is C23H24N2O4S. The molecule has 0 radical (unpaired) electrons. The average molecular weight is 425 g/mol. The molecule has 1 atom stereocenters. The Morgan fingerprint density at radius 1 is 1.03 bits per heavy atom. The number of nitrogens with one attached hydrogen (secondary N) is 1. The van der Waals surface area contributed by atoms with Crippen LogP contribution in [0.25, 0.3) is 0 Å². The molecule has 1 unspecified atom stereocenters. The van der Waals surface area contributed by atoms with Crippen LogP contribution in [0.2, 0.25) is 0 Å². The summed E-state index contributed by atoms with van der Waals surface area (Å²) in [4.78, 5) is 13.0. The third kappa shape index (κ3) is 4.47. The van der Waals surface area contributed by atoms with Crippen molar-refractivity contribution in [3.8, 4) is 0 Å². The predicted octanol–water partition coefficient (Wildman–Crippen LogP) is 3.66. The third-order valence-corrected chi connectivity index (χ3v) is 7.12. The maximum Gasteiger partial charge on any atom is 0.243 e. The Morgan fingerprint density at radius 2 is 1.80 bits per heavy atom. The smallest absolute Gasteiger partial charge is 0.243 e. The summed E-state index contributed by atoms with van der Waals surface area (Å²) in [6.45, 7) is -0.296. The molecular weight excluding hydrogens is 400 g/mol. The summed E-state index contributed by atoms with van der Waals surface area (Å²) in [5.74, 6) is 0.146. The minimum absolute atomic E-state index is 0.0150. The second-order valence-electron chi connectivity index (χ2n) is 7.38. The Morgan fingerprint density at radius 3 is 2.57 bits per heavy atom. The fourth-order valence-electron chi connectivity index (χ4n) is 3.85. The summed E-state index contributed by atoms with van der Waals surface area (Å²) in [6, 6.07) is 19.5. The molecule has 1 N–H and O–H groups in total. The molecule has 1 amide bonds. The van der Waals surface area contributed by atoms with E-state index in [0.717, 1.165) is 29.1 Å². The number of nitrogens with zero attached hydrogens (tertiary/aromatic N) is 1. The second kappa shape index (κ2) is 8.85. The van der Waals surface area contributed by atoms with Gasteiger partial charge in [-0.2, -0.15) is 4.31 Å². The van der Waals surface area contributed by atoms with Crippen molar-refractivity contribution in [2.45, 2.75) is 36.7 Å². The maximum absolute atomic E-state index is 13.2. The summed E-state index contributed by atoms with van der Waals surface area (Å²) >= 11 is 0. The Hall–Kier alpha value is -2.90. The fourth-order valence-corrected chi connectivity index (χ4v) is 5.23. The van der Waals surface area contributed by atoms with Crippen LogP contribution in [-0.2, 0) is 27.8 Å². The molecule has 4 rings (SSSR count). The molecule has 3 aromatic rings. The molecule has 2 aromatic carbocycles. The van der Waals surface area contributed by atoms with Crippen molar-refractivity contribution in [1.82, 2.24) is 9.62 Å². The van der Waals surface area contributed by atoms with E-state index in [0.29, 0.717) is 5.76 Å². The number of rotatable bonds is 7. The SMILES string of the molecule is O=C(CN(Cc1ccco1)S(=O)(=O)c1ccccc1)NC1CCCc2ccccc21. The van der Waals surface area contributed by atoms with Gasteiger partial charge < -0.3 is 9.73 Å². The molecule has 0 saturated carbocycles. The normalized spacial score (nSPS) is 16.2. The molecule has 1 heterocycles. The summed E-state index contributed by atoms with van der Waals surface area (Å²) < 4.78 is 32.9. The van der Waals surface area contributed by atoms with E-state index >= 15 is 0 Å². The first-order chi connectivity index (χ1) is 14.5. The quantitative estimate of drug-likeness (QED) is 0.628. The van der Waals surface area contributed by atoms with Gasteiger partial charge in [0.05, 0.1) is 30.3 Å². The average Bonchev–Trinajstić information content (AvgIpc) is 3.27. The standard InChI is InChI=1S/C23H24N2O4S/c26-23(24-22-14-6-9-18-8-4-5-13-21(18)22)17-25(16-19-10-7-15-29-19)30(27,28)20-11-2-1-3-12-20/h1-5,7-8,10-13,15,22H,6,9,14,16-17H2,(H,24,26). The predicted molar refractivity (Wildman–Crippen MR) is 113 cm³/mol. The zero-order valence-corrected chi connectivity index (χ0v) is 17.3. The zero-order valence-electron chi connectivity index (χ0n) is 16.5. The molecule has 156 valence electrons. The van der Waals surface area contributed by atoms with Gasteiger partial charge in [-0.3, -0.25) is 4.79 Å². The Labute approximate surface area is 176 Å². The molecule has 1 aliphatic rings. The molecule has 0 fully saturated rings. The zero-order chi connectivity index (χ0) is 21.0. The van der Waals surface area contributed by atoms with Crippen LogP contribution < -0.4 is 5.32 Å². The number of fused-ring (bicyclic) bond motifs is 1. The van der Waals surface area contributed by atoms with Crippen LogP contribution in [0.3, 0.4) is 0 Å². The largest absolute Gasteiger partial charge is 0.468 e. The van der Waals surface area contributed by atoms with Gasteiger partial charge in [-0.15, -0.1) is 0 Å². The topological polar surface area (TPSA) is 79.6 Å². The molecule has 6 nitrogen and oxygen atoms in total. The van der Waals surface area contributed by atoms with Crippen molar-refractivity contribution >= 4 is 15.9 Å². The third-order valence-electron chi connectivity index (χ3n) is 5.32. The Bertz CT molecular complexity index is 1100. The lowest BCUT2D eigenvalue weighted by atomic mass is 9.88. The Kier molecular flexibility index (Phi) is 6.01. The number of hydrogen-bond acceptors (Lipinski definition) is 4. The van der Waals surface area contributed by atoms with Crippen LogP contribution in [0.4, 0.5) is 0 Å². The molecule has 0 aliphatic heterocycles.